The monoisotopic (exact) mass is 491 g/mol. The van der Waals surface area contributed by atoms with E-state index in [4.69, 9.17) is 10.7 Å². The number of carbonyl (C=O) groups excluding carboxylic acids is 1. The lowest BCUT2D eigenvalue weighted by molar-refractivity contribution is -0.129. The molecule has 1 heterocycles. The van der Waals surface area contributed by atoms with E-state index in [1.54, 1.807) is 0 Å². The molecule has 0 spiro atoms. The fourth-order valence-corrected chi connectivity index (χ4v) is 4.65. The van der Waals surface area contributed by atoms with Crippen molar-refractivity contribution >= 4 is 35.8 Å². The molecule has 3 N–H and O–H groups in total. The summed E-state index contributed by atoms with van der Waals surface area (Å²) in [6, 6.07) is 0.614. The van der Waals surface area contributed by atoms with Gasteiger partial charge < -0.3 is 16.0 Å². The third-order valence-corrected chi connectivity index (χ3v) is 6.69. The number of halogens is 1. The van der Waals surface area contributed by atoms with Crippen LogP contribution >= 0.6 is 24.0 Å². The predicted molar refractivity (Wildman–Crippen MR) is 121 cm³/mol. The van der Waals surface area contributed by atoms with Crippen molar-refractivity contribution in [3.63, 3.8) is 0 Å². The summed E-state index contributed by atoms with van der Waals surface area (Å²) in [4.78, 5) is 21.0. The highest BCUT2D eigenvalue weighted by molar-refractivity contribution is 14.0. The maximum absolute atomic E-state index is 11.7. The quantitative estimate of drug-likeness (QED) is 0.352. The number of nitrogens with zero attached hydrogens (tertiary/aromatic N) is 3. The average Bonchev–Trinajstić information content (AvgIpc) is 3.41. The fourth-order valence-electron chi connectivity index (χ4n) is 4.65. The second-order valence-electron chi connectivity index (χ2n) is 8.74. The van der Waals surface area contributed by atoms with E-state index >= 15 is 0 Å². The molecule has 1 aliphatic heterocycles. The van der Waals surface area contributed by atoms with E-state index in [2.05, 4.69) is 22.0 Å². The van der Waals surface area contributed by atoms with Gasteiger partial charge in [0.05, 0.1) is 5.54 Å². The summed E-state index contributed by atoms with van der Waals surface area (Å²) in [5.41, 5.74) is 4.99. The van der Waals surface area contributed by atoms with Crippen molar-refractivity contribution in [1.82, 2.24) is 15.1 Å². The van der Waals surface area contributed by atoms with E-state index in [1.165, 1.54) is 38.5 Å². The van der Waals surface area contributed by atoms with Crippen molar-refractivity contribution in [3.8, 4) is 0 Å². The SMILES string of the molecule is CCN=C(NC1CC1C1CCCCC1)N1CCN(C(C)(C)C(N)=O)CC1.I. The third-order valence-electron chi connectivity index (χ3n) is 6.69. The number of rotatable bonds is 5. The zero-order valence-electron chi connectivity index (χ0n) is 17.2. The smallest absolute Gasteiger partial charge is 0.237 e. The van der Waals surface area contributed by atoms with Crippen LogP contribution in [-0.2, 0) is 4.79 Å². The number of nitrogens with one attached hydrogen (secondary N) is 1. The van der Waals surface area contributed by atoms with Crippen molar-refractivity contribution in [1.29, 1.82) is 0 Å². The first-order valence-corrected chi connectivity index (χ1v) is 10.5. The second-order valence-corrected chi connectivity index (χ2v) is 8.74. The van der Waals surface area contributed by atoms with Crippen LogP contribution in [0.25, 0.3) is 0 Å². The van der Waals surface area contributed by atoms with Gasteiger partial charge in [0.2, 0.25) is 5.91 Å². The standard InChI is InChI=1S/C20H37N5O.HI/c1-4-22-19(23-17-14-16(17)15-8-6-5-7-9-15)24-10-12-25(13-11-24)20(2,3)18(21)26;/h15-17H,4-14H2,1-3H3,(H2,21,26)(H,22,23);1H. The van der Waals surface area contributed by atoms with E-state index in [9.17, 15) is 4.79 Å². The number of guanidine groups is 1. The maximum atomic E-state index is 11.7. The number of aliphatic imine (C=N–C) groups is 1. The van der Waals surface area contributed by atoms with Crippen molar-refractivity contribution in [2.45, 2.75) is 70.9 Å². The Balaban J connectivity index is 0.00000261. The van der Waals surface area contributed by atoms with Crippen molar-refractivity contribution < 1.29 is 4.79 Å². The van der Waals surface area contributed by atoms with Crippen molar-refractivity contribution in [2.24, 2.45) is 22.6 Å². The number of amides is 1. The Morgan fingerprint density at radius 1 is 1.15 bits per heavy atom. The van der Waals surface area contributed by atoms with Crippen LogP contribution in [0.15, 0.2) is 4.99 Å². The zero-order valence-corrected chi connectivity index (χ0v) is 19.6. The Kier molecular flexibility index (Phi) is 8.21. The first-order chi connectivity index (χ1) is 12.4. The summed E-state index contributed by atoms with van der Waals surface area (Å²) in [6.45, 7) is 10.2. The molecular formula is C20H38IN5O. The van der Waals surface area contributed by atoms with Crippen molar-refractivity contribution in [3.05, 3.63) is 0 Å². The molecule has 2 atom stereocenters. The van der Waals surface area contributed by atoms with Crippen molar-refractivity contribution in [2.75, 3.05) is 32.7 Å². The highest BCUT2D eigenvalue weighted by Crippen LogP contribution is 2.44. The molecule has 3 fully saturated rings. The van der Waals surface area contributed by atoms with E-state index < -0.39 is 5.54 Å². The lowest BCUT2D eigenvalue weighted by Gasteiger charge is -2.43. The van der Waals surface area contributed by atoms with Gasteiger partial charge in [-0.25, -0.2) is 0 Å². The lowest BCUT2D eigenvalue weighted by atomic mass is 9.85. The zero-order chi connectivity index (χ0) is 18.7. The first kappa shape index (κ1) is 22.7. The van der Waals surface area contributed by atoms with Crippen LogP contribution in [0.5, 0.6) is 0 Å². The van der Waals surface area contributed by atoms with E-state index in [-0.39, 0.29) is 29.9 Å². The second kappa shape index (κ2) is 9.76. The average molecular weight is 491 g/mol. The molecule has 0 aromatic heterocycles. The Morgan fingerprint density at radius 2 is 1.78 bits per heavy atom. The highest BCUT2D eigenvalue weighted by Gasteiger charge is 2.44. The molecule has 3 aliphatic rings. The minimum absolute atomic E-state index is 0. The van der Waals surface area contributed by atoms with Gasteiger partial charge in [-0.3, -0.25) is 14.7 Å². The van der Waals surface area contributed by atoms with Crippen LogP contribution in [-0.4, -0.2) is 66.0 Å². The van der Waals surface area contributed by atoms with Crippen LogP contribution < -0.4 is 11.1 Å². The number of carbonyl (C=O) groups is 1. The molecule has 0 radical (unpaired) electrons. The van der Waals surface area contributed by atoms with Crippen LogP contribution in [0.2, 0.25) is 0 Å². The van der Waals surface area contributed by atoms with Crippen LogP contribution in [0.1, 0.15) is 59.3 Å². The number of nitrogens with two attached hydrogens (primary N) is 1. The molecule has 156 valence electrons. The van der Waals surface area contributed by atoms with Gasteiger partial charge in [0.1, 0.15) is 0 Å². The van der Waals surface area contributed by atoms with Crippen LogP contribution in [0.4, 0.5) is 0 Å². The van der Waals surface area contributed by atoms with Gasteiger partial charge in [-0.15, -0.1) is 24.0 Å². The number of hydrogen-bond acceptors (Lipinski definition) is 3. The molecule has 6 nitrogen and oxygen atoms in total. The largest absolute Gasteiger partial charge is 0.368 e. The molecule has 2 saturated carbocycles. The van der Waals surface area contributed by atoms with E-state index in [0.717, 1.165) is 50.5 Å². The molecule has 1 amide bonds. The minimum Gasteiger partial charge on any atom is -0.368 e. The van der Waals surface area contributed by atoms with Gasteiger partial charge in [-0.1, -0.05) is 32.1 Å². The number of primary amides is 1. The summed E-state index contributed by atoms with van der Waals surface area (Å²) in [7, 11) is 0. The van der Waals surface area contributed by atoms with Crippen LogP contribution in [0, 0.1) is 11.8 Å². The molecule has 7 heteroatoms. The van der Waals surface area contributed by atoms with E-state index in [1.807, 2.05) is 13.8 Å². The Hall–Kier alpha value is -0.570. The maximum Gasteiger partial charge on any atom is 0.237 e. The predicted octanol–water partition coefficient (Wildman–Crippen LogP) is 2.42. The summed E-state index contributed by atoms with van der Waals surface area (Å²) >= 11 is 0. The summed E-state index contributed by atoms with van der Waals surface area (Å²) in [5.74, 6) is 2.59. The summed E-state index contributed by atoms with van der Waals surface area (Å²) < 4.78 is 0. The minimum atomic E-state index is -0.579. The fraction of sp³-hybridized carbons (Fsp3) is 0.900. The van der Waals surface area contributed by atoms with Gasteiger partial charge in [0.15, 0.2) is 5.96 Å². The van der Waals surface area contributed by atoms with E-state index in [0.29, 0.717) is 6.04 Å². The lowest BCUT2D eigenvalue weighted by Crippen LogP contribution is -2.61. The molecular weight excluding hydrogens is 453 g/mol. The molecule has 3 rings (SSSR count). The Bertz CT molecular complexity index is 524. The topological polar surface area (TPSA) is 74.0 Å². The molecule has 2 aliphatic carbocycles. The first-order valence-electron chi connectivity index (χ1n) is 10.5. The summed E-state index contributed by atoms with van der Waals surface area (Å²) in [5, 5.41) is 3.75. The van der Waals surface area contributed by atoms with Gasteiger partial charge in [-0.05, 0) is 39.0 Å². The summed E-state index contributed by atoms with van der Waals surface area (Å²) in [6.07, 6.45) is 8.41. The number of piperazine rings is 1. The molecule has 27 heavy (non-hydrogen) atoms. The Labute approximate surface area is 181 Å². The molecule has 0 bridgehead atoms. The molecule has 0 aromatic carbocycles. The molecule has 0 aromatic rings. The molecule has 1 saturated heterocycles. The van der Waals surface area contributed by atoms with Gasteiger partial charge in [0, 0.05) is 38.8 Å². The van der Waals surface area contributed by atoms with Crippen LogP contribution in [0.3, 0.4) is 0 Å². The Morgan fingerprint density at radius 3 is 2.33 bits per heavy atom. The molecule has 2 unspecified atom stereocenters. The van der Waals surface area contributed by atoms with Gasteiger partial charge >= 0.3 is 0 Å². The van der Waals surface area contributed by atoms with Gasteiger partial charge in [-0.2, -0.15) is 0 Å². The number of hydrogen-bond donors (Lipinski definition) is 2. The highest BCUT2D eigenvalue weighted by atomic mass is 127. The third kappa shape index (κ3) is 5.49. The van der Waals surface area contributed by atoms with Gasteiger partial charge in [0.25, 0.3) is 0 Å². The normalized spacial score (nSPS) is 27.8.